The van der Waals surface area contributed by atoms with Gasteiger partial charge in [-0.25, -0.2) is 14.6 Å². The van der Waals surface area contributed by atoms with E-state index in [2.05, 4.69) is 15.1 Å². The van der Waals surface area contributed by atoms with Crippen LogP contribution in [-0.4, -0.2) is 40.0 Å². The first kappa shape index (κ1) is 19.7. The molecule has 0 unspecified atom stereocenters. The van der Waals surface area contributed by atoms with Gasteiger partial charge in [0.25, 0.3) is 0 Å². The maximum atomic E-state index is 13.3. The lowest BCUT2D eigenvalue weighted by molar-refractivity contribution is 0.0690. The Morgan fingerprint density at radius 1 is 1.00 bits per heavy atom. The molecule has 0 aliphatic rings. The number of aryl methyl sites for hydroxylation is 3. The molecule has 160 valence electrons. The number of rotatable bonds is 3. The number of imidazole rings is 1. The largest absolute Gasteiger partial charge is 0.477 e. The van der Waals surface area contributed by atoms with Gasteiger partial charge in [-0.3, -0.25) is 18.8 Å². The summed E-state index contributed by atoms with van der Waals surface area (Å²) >= 11 is 0. The van der Waals surface area contributed by atoms with E-state index in [1.807, 2.05) is 39.1 Å². The van der Waals surface area contributed by atoms with E-state index in [9.17, 15) is 9.59 Å². The van der Waals surface area contributed by atoms with Gasteiger partial charge in [0.15, 0.2) is 0 Å². The number of pyridine rings is 2. The van der Waals surface area contributed by atoms with Gasteiger partial charge in [0.1, 0.15) is 5.69 Å². The molecule has 4 heterocycles. The van der Waals surface area contributed by atoms with Crippen molar-refractivity contribution in [3.8, 4) is 16.8 Å². The molecular formula is C23H20N6O3. The van der Waals surface area contributed by atoms with Crippen LogP contribution in [0, 0.1) is 13.8 Å². The second-order valence-electron chi connectivity index (χ2n) is 7.78. The molecule has 4 aromatic heterocycles. The average Bonchev–Trinajstić information content (AvgIpc) is 3.18. The summed E-state index contributed by atoms with van der Waals surface area (Å²) in [6, 6.07) is 8.95. The summed E-state index contributed by atoms with van der Waals surface area (Å²) < 4.78 is 5.05. The molecular weight excluding hydrogens is 408 g/mol. The Bertz CT molecular complexity index is 1610. The van der Waals surface area contributed by atoms with Crippen molar-refractivity contribution >= 4 is 27.9 Å². The van der Waals surface area contributed by atoms with Crippen LogP contribution in [0.3, 0.4) is 0 Å². The third-order valence-corrected chi connectivity index (χ3v) is 5.89. The van der Waals surface area contributed by atoms with Crippen molar-refractivity contribution in [3.63, 3.8) is 0 Å². The number of nitrogens with zero attached hydrogens (tertiary/aromatic N) is 6. The number of hydrogen-bond donors (Lipinski definition) is 1. The number of aromatic carboxylic acids is 1. The van der Waals surface area contributed by atoms with Gasteiger partial charge in [-0.15, -0.1) is 0 Å². The predicted octanol–water partition coefficient (Wildman–Crippen LogP) is 2.99. The maximum absolute atomic E-state index is 13.3. The van der Waals surface area contributed by atoms with Crippen molar-refractivity contribution in [3.05, 3.63) is 70.3 Å². The van der Waals surface area contributed by atoms with Crippen LogP contribution in [0.4, 0.5) is 0 Å². The van der Waals surface area contributed by atoms with E-state index in [0.29, 0.717) is 5.52 Å². The smallest absolute Gasteiger partial charge is 0.354 e. The molecule has 0 saturated carbocycles. The van der Waals surface area contributed by atoms with Gasteiger partial charge in [-0.2, -0.15) is 5.10 Å². The molecule has 0 atom stereocenters. The van der Waals surface area contributed by atoms with Gasteiger partial charge < -0.3 is 5.11 Å². The van der Waals surface area contributed by atoms with E-state index < -0.39 is 5.97 Å². The van der Waals surface area contributed by atoms with Crippen LogP contribution in [0.25, 0.3) is 38.8 Å². The second-order valence-corrected chi connectivity index (χ2v) is 7.78. The molecule has 9 heteroatoms. The average molecular weight is 428 g/mol. The highest BCUT2D eigenvalue weighted by Gasteiger charge is 2.21. The van der Waals surface area contributed by atoms with Crippen LogP contribution >= 0.6 is 0 Å². The van der Waals surface area contributed by atoms with Crippen LogP contribution in [0.1, 0.15) is 21.9 Å². The van der Waals surface area contributed by atoms with Gasteiger partial charge in [-0.1, -0.05) is 12.1 Å². The van der Waals surface area contributed by atoms with Crippen LogP contribution < -0.4 is 5.69 Å². The zero-order valence-corrected chi connectivity index (χ0v) is 18.0. The SMILES string of the molecule is Cc1nn(C)c(C)c1-n1c(=O)n(C)c2cnc3ccc(-c4ccc(C(=O)O)nc4)cc3c21. The summed E-state index contributed by atoms with van der Waals surface area (Å²) in [6.45, 7) is 3.82. The van der Waals surface area contributed by atoms with Gasteiger partial charge in [0.05, 0.1) is 39.8 Å². The number of aromatic nitrogens is 6. The zero-order chi connectivity index (χ0) is 22.7. The first-order chi connectivity index (χ1) is 15.3. The molecule has 0 aliphatic carbocycles. The lowest BCUT2D eigenvalue weighted by atomic mass is 10.0. The summed E-state index contributed by atoms with van der Waals surface area (Å²) in [7, 11) is 3.58. The zero-order valence-electron chi connectivity index (χ0n) is 18.0. The molecule has 0 bridgehead atoms. The van der Waals surface area contributed by atoms with Crippen molar-refractivity contribution in [1.29, 1.82) is 0 Å². The number of hydrogen-bond acceptors (Lipinski definition) is 5. The van der Waals surface area contributed by atoms with E-state index >= 15 is 0 Å². The topological polar surface area (TPSA) is 108 Å². The fourth-order valence-electron chi connectivity index (χ4n) is 4.16. The summed E-state index contributed by atoms with van der Waals surface area (Å²) in [4.78, 5) is 33.0. The standard InChI is InChI=1S/C23H20N6O3/c1-12-20(13(2)28(4)26-12)29-21-16-9-14(15-6-8-18(22(30)31)24-10-15)5-7-17(16)25-11-19(21)27(3)23(29)32/h5-11H,1-4H3,(H,30,31). The summed E-state index contributed by atoms with van der Waals surface area (Å²) in [5.41, 5.74) is 6.03. The Hall–Kier alpha value is -4.27. The number of fused-ring (bicyclic) bond motifs is 3. The maximum Gasteiger partial charge on any atom is 0.354 e. The molecule has 0 amide bonds. The number of carboxylic acids is 1. The van der Waals surface area contributed by atoms with Gasteiger partial charge >= 0.3 is 11.7 Å². The molecule has 9 nitrogen and oxygen atoms in total. The Balaban J connectivity index is 1.84. The van der Waals surface area contributed by atoms with Crippen molar-refractivity contribution in [2.24, 2.45) is 14.1 Å². The van der Waals surface area contributed by atoms with E-state index in [4.69, 9.17) is 5.11 Å². The number of carboxylic acid groups (broad SMARTS) is 1. The first-order valence-electron chi connectivity index (χ1n) is 9.98. The third kappa shape index (κ3) is 2.74. The normalized spacial score (nSPS) is 11.5. The van der Waals surface area contributed by atoms with E-state index in [-0.39, 0.29) is 11.4 Å². The minimum absolute atomic E-state index is 0.0157. The van der Waals surface area contributed by atoms with Gasteiger partial charge in [0.2, 0.25) is 0 Å². The minimum Gasteiger partial charge on any atom is -0.477 e. The van der Waals surface area contributed by atoms with Crippen LogP contribution in [0.5, 0.6) is 0 Å². The third-order valence-electron chi connectivity index (χ3n) is 5.89. The molecule has 32 heavy (non-hydrogen) atoms. The molecule has 0 fully saturated rings. The van der Waals surface area contributed by atoms with Gasteiger partial charge in [0, 0.05) is 31.2 Å². The highest BCUT2D eigenvalue weighted by molar-refractivity contribution is 6.04. The quantitative estimate of drug-likeness (QED) is 0.473. The van der Waals surface area contributed by atoms with Gasteiger partial charge in [-0.05, 0) is 37.6 Å². The Kier molecular flexibility index (Phi) is 4.23. The van der Waals surface area contributed by atoms with E-state index in [1.165, 1.54) is 12.3 Å². The highest BCUT2D eigenvalue weighted by atomic mass is 16.4. The number of carbonyl (C=O) groups is 1. The van der Waals surface area contributed by atoms with E-state index in [0.717, 1.165) is 44.6 Å². The first-order valence-corrected chi connectivity index (χ1v) is 9.98. The Morgan fingerprint density at radius 3 is 2.38 bits per heavy atom. The minimum atomic E-state index is -1.07. The predicted molar refractivity (Wildman–Crippen MR) is 120 cm³/mol. The molecule has 5 rings (SSSR count). The molecule has 1 N–H and O–H groups in total. The molecule has 0 spiro atoms. The van der Waals surface area contributed by atoms with Crippen LogP contribution in [-0.2, 0) is 14.1 Å². The Labute approximate surface area is 182 Å². The van der Waals surface area contributed by atoms with Crippen molar-refractivity contribution < 1.29 is 9.90 Å². The monoisotopic (exact) mass is 428 g/mol. The van der Waals surface area contributed by atoms with Crippen molar-refractivity contribution in [2.45, 2.75) is 13.8 Å². The molecule has 0 saturated heterocycles. The summed E-state index contributed by atoms with van der Waals surface area (Å²) in [6.07, 6.45) is 3.24. The fourth-order valence-corrected chi connectivity index (χ4v) is 4.16. The number of benzene rings is 1. The van der Waals surface area contributed by atoms with Crippen molar-refractivity contribution in [1.82, 2.24) is 28.9 Å². The fraction of sp³-hybridized carbons (Fsp3) is 0.174. The van der Waals surface area contributed by atoms with E-state index in [1.54, 1.807) is 33.1 Å². The highest BCUT2D eigenvalue weighted by Crippen LogP contribution is 2.30. The lowest BCUT2D eigenvalue weighted by Gasteiger charge is -2.08. The molecule has 1 aromatic carbocycles. The second kappa shape index (κ2) is 6.88. The molecule has 0 radical (unpaired) electrons. The Morgan fingerprint density at radius 2 is 1.75 bits per heavy atom. The molecule has 5 aromatic rings. The lowest BCUT2D eigenvalue weighted by Crippen LogP contribution is -2.21. The molecule has 0 aliphatic heterocycles. The van der Waals surface area contributed by atoms with Crippen molar-refractivity contribution in [2.75, 3.05) is 0 Å². The summed E-state index contributed by atoms with van der Waals surface area (Å²) in [5.74, 6) is -1.07. The van der Waals surface area contributed by atoms with Crippen LogP contribution in [0.15, 0.2) is 47.5 Å². The summed E-state index contributed by atoms with van der Waals surface area (Å²) in [5, 5.41) is 14.4. The van der Waals surface area contributed by atoms with Crippen LogP contribution in [0.2, 0.25) is 0 Å².